The van der Waals surface area contributed by atoms with E-state index in [-0.39, 0.29) is 0 Å². The summed E-state index contributed by atoms with van der Waals surface area (Å²) in [7, 11) is 0. The van der Waals surface area contributed by atoms with Crippen LogP contribution in [0.4, 0.5) is 0 Å². The van der Waals surface area contributed by atoms with E-state index < -0.39 is 0 Å². The fourth-order valence-corrected chi connectivity index (χ4v) is 3.27. The first kappa shape index (κ1) is 17.0. The van der Waals surface area contributed by atoms with Gasteiger partial charge in [0.05, 0.1) is 0 Å². The van der Waals surface area contributed by atoms with Gasteiger partial charge in [0.2, 0.25) is 0 Å². The number of ether oxygens (including phenoxy) is 1. The quantitative estimate of drug-likeness (QED) is 0.720. The van der Waals surface area contributed by atoms with Gasteiger partial charge in [-0.05, 0) is 68.9 Å². The molecule has 1 saturated carbocycles. The van der Waals surface area contributed by atoms with Gasteiger partial charge < -0.3 is 10.1 Å². The molecule has 0 aromatic rings. The van der Waals surface area contributed by atoms with Gasteiger partial charge >= 0.3 is 0 Å². The summed E-state index contributed by atoms with van der Waals surface area (Å²) in [5, 5.41) is 3.65. The Balaban J connectivity index is 2.43. The number of hydrogen-bond acceptors (Lipinski definition) is 2. The Hall–Kier alpha value is -0.0800. The zero-order valence-electron chi connectivity index (χ0n) is 13.7. The molecule has 0 radical (unpaired) electrons. The normalized spacial score (nSPS) is 28.3. The minimum Gasteiger partial charge on any atom is -0.381 e. The zero-order chi connectivity index (χ0) is 14.3. The average molecular weight is 269 g/mol. The Morgan fingerprint density at radius 1 is 1.11 bits per heavy atom. The number of rotatable bonds is 8. The van der Waals surface area contributed by atoms with Crippen molar-refractivity contribution in [3.05, 3.63) is 0 Å². The predicted molar refractivity (Wildman–Crippen MR) is 83.4 cm³/mol. The molecule has 1 aliphatic carbocycles. The lowest BCUT2D eigenvalue weighted by atomic mass is 9.71. The second-order valence-corrected chi connectivity index (χ2v) is 7.05. The second-order valence-electron chi connectivity index (χ2n) is 7.05. The minimum atomic E-state index is 0.748. The van der Waals surface area contributed by atoms with Gasteiger partial charge in [-0.15, -0.1) is 0 Å². The average Bonchev–Trinajstić information content (AvgIpc) is 2.36. The molecule has 1 fully saturated rings. The van der Waals surface area contributed by atoms with Gasteiger partial charge in [-0.25, -0.2) is 0 Å². The second kappa shape index (κ2) is 8.97. The molecule has 0 aliphatic heterocycles. The smallest absolute Gasteiger partial charge is 0.0497 e. The Morgan fingerprint density at radius 2 is 1.84 bits per heavy atom. The molecule has 1 N–H and O–H groups in total. The first-order chi connectivity index (χ1) is 9.04. The van der Waals surface area contributed by atoms with Crippen molar-refractivity contribution >= 4 is 0 Å². The van der Waals surface area contributed by atoms with Crippen molar-refractivity contribution in [3.63, 3.8) is 0 Å². The molecule has 2 nitrogen and oxygen atoms in total. The first-order valence-corrected chi connectivity index (χ1v) is 8.33. The maximum atomic E-state index is 5.73. The highest BCUT2D eigenvalue weighted by molar-refractivity contribution is 4.82. The van der Waals surface area contributed by atoms with Crippen LogP contribution in [0.3, 0.4) is 0 Å². The van der Waals surface area contributed by atoms with E-state index in [4.69, 9.17) is 4.74 Å². The molecule has 3 unspecified atom stereocenters. The fraction of sp³-hybridized carbons (Fsp3) is 1.00. The van der Waals surface area contributed by atoms with E-state index in [1.807, 2.05) is 0 Å². The zero-order valence-corrected chi connectivity index (χ0v) is 13.7. The van der Waals surface area contributed by atoms with E-state index in [2.05, 4.69) is 39.9 Å². The largest absolute Gasteiger partial charge is 0.381 e. The molecule has 0 bridgehead atoms. The van der Waals surface area contributed by atoms with Crippen LogP contribution in [0.25, 0.3) is 0 Å². The van der Waals surface area contributed by atoms with Gasteiger partial charge in [0.25, 0.3) is 0 Å². The third-order valence-electron chi connectivity index (χ3n) is 4.62. The molecular formula is C17H35NO. The van der Waals surface area contributed by atoms with Crippen molar-refractivity contribution in [2.75, 3.05) is 26.3 Å². The van der Waals surface area contributed by atoms with Crippen molar-refractivity contribution in [1.82, 2.24) is 5.32 Å². The molecule has 0 heterocycles. The Kier molecular flexibility index (Phi) is 8.01. The standard InChI is InChI=1S/C17H35NO/c1-6-19-12-17-9-15(14(4)5)7-8-16(17)11-18-10-13(2)3/h13-18H,6-12H2,1-5H3. The molecule has 1 aliphatic rings. The summed E-state index contributed by atoms with van der Waals surface area (Å²) >= 11 is 0. The fourth-order valence-electron chi connectivity index (χ4n) is 3.27. The third kappa shape index (κ3) is 6.27. The van der Waals surface area contributed by atoms with E-state index in [9.17, 15) is 0 Å². The van der Waals surface area contributed by atoms with E-state index in [1.54, 1.807) is 0 Å². The Labute approximate surface area is 120 Å². The van der Waals surface area contributed by atoms with Crippen molar-refractivity contribution in [3.8, 4) is 0 Å². The van der Waals surface area contributed by atoms with Crippen molar-refractivity contribution < 1.29 is 4.74 Å². The molecule has 0 aromatic carbocycles. The van der Waals surface area contributed by atoms with E-state index in [0.717, 1.165) is 49.3 Å². The summed E-state index contributed by atoms with van der Waals surface area (Å²) in [6.45, 7) is 15.6. The monoisotopic (exact) mass is 269 g/mol. The summed E-state index contributed by atoms with van der Waals surface area (Å²) in [5.41, 5.74) is 0. The molecule has 19 heavy (non-hydrogen) atoms. The van der Waals surface area contributed by atoms with Gasteiger partial charge in [-0.1, -0.05) is 27.7 Å². The third-order valence-corrected chi connectivity index (χ3v) is 4.62. The summed E-state index contributed by atoms with van der Waals surface area (Å²) in [6, 6.07) is 0. The highest BCUT2D eigenvalue weighted by atomic mass is 16.5. The first-order valence-electron chi connectivity index (χ1n) is 8.33. The highest BCUT2D eigenvalue weighted by Crippen LogP contribution is 2.37. The van der Waals surface area contributed by atoms with Gasteiger partial charge in [-0.3, -0.25) is 0 Å². The molecule has 3 atom stereocenters. The van der Waals surface area contributed by atoms with Crippen molar-refractivity contribution in [2.24, 2.45) is 29.6 Å². The summed E-state index contributed by atoms with van der Waals surface area (Å²) < 4.78 is 5.73. The van der Waals surface area contributed by atoms with Gasteiger partial charge in [0, 0.05) is 13.2 Å². The molecular weight excluding hydrogens is 234 g/mol. The molecule has 1 rings (SSSR count). The van der Waals surface area contributed by atoms with Crippen molar-refractivity contribution in [2.45, 2.75) is 53.9 Å². The van der Waals surface area contributed by atoms with Crippen LogP contribution >= 0.6 is 0 Å². The van der Waals surface area contributed by atoms with Crippen LogP contribution < -0.4 is 5.32 Å². The molecule has 0 aromatic heterocycles. The van der Waals surface area contributed by atoms with E-state index in [1.165, 1.54) is 25.8 Å². The number of nitrogens with one attached hydrogen (secondary N) is 1. The van der Waals surface area contributed by atoms with E-state index in [0.29, 0.717) is 0 Å². The van der Waals surface area contributed by atoms with Crippen LogP contribution in [-0.2, 0) is 4.74 Å². The van der Waals surface area contributed by atoms with Crippen LogP contribution in [0, 0.1) is 29.6 Å². The van der Waals surface area contributed by atoms with Gasteiger partial charge in [0.1, 0.15) is 0 Å². The molecule has 0 saturated heterocycles. The highest BCUT2D eigenvalue weighted by Gasteiger charge is 2.31. The maximum absolute atomic E-state index is 5.73. The summed E-state index contributed by atoms with van der Waals surface area (Å²) in [4.78, 5) is 0. The number of hydrogen-bond donors (Lipinski definition) is 1. The van der Waals surface area contributed by atoms with Crippen LogP contribution in [0.5, 0.6) is 0 Å². The van der Waals surface area contributed by atoms with Crippen LogP contribution in [0.2, 0.25) is 0 Å². The van der Waals surface area contributed by atoms with Crippen LogP contribution in [0.1, 0.15) is 53.9 Å². The lowest BCUT2D eigenvalue weighted by Crippen LogP contribution is -2.37. The lowest BCUT2D eigenvalue weighted by Gasteiger charge is -2.38. The van der Waals surface area contributed by atoms with Crippen LogP contribution in [-0.4, -0.2) is 26.3 Å². The maximum Gasteiger partial charge on any atom is 0.0497 e. The molecule has 0 spiro atoms. The summed E-state index contributed by atoms with van der Waals surface area (Å²) in [5.74, 6) is 4.07. The Bertz CT molecular complexity index is 225. The lowest BCUT2D eigenvalue weighted by molar-refractivity contribution is 0.0424. The molecule has 2 heteroatoms. The van der Waals surface area contributed by atoms with E-state index >= 15 is 0 Å². The minimum absolute atomic E-state index is 0.748. The van der Waals surface area contributed by atoms with Crippen molar-refractivity contribution in [1.29, 1.82) is 0 Å². The van der Waals surface area contributed by atoms with Gasteiger partial charge in [-0.2, -0.15) is 0 Å². The van der Waals surface area contributed by atoms with Gasteiger partial charge in [0.15, 0.2) is 0 Å². The molecule has 114 valence electrons. The topological polar surface area (TPSA) is 21.3 Å². The summed E-state index contributed by atoms with van der Waals surface area (Å²) in [6.07, 6.45) is 4.16. The SMILES string of the molecule is CCOCC1CC(C(C)C)CCC1CNCC(C)C. The molecule has 0 amide bonds. The Morgan fingerprint density at radius 3 is 2.42 bits per heavy atom. The predicted octanol–water partition coefficient (Wildman–Crippen LogP) is 3.96. The van der Waals surface area contributed by atoms with Crippen LogP contribution in [0.15, 0.2) is 0 Å².